The Balaban J connectivity index is 1.31. The van der Waals surface area contributed by atoms with Crippen LogP contribution in [0.2, 0.25) is 0 Å². The van der Waals surface area contributed by atoms with Crippen LogP contribution in [-0.4, -0.2) is 64.3 Å². The van der Waals surface area contributed by atoms with Gasteiger partial charge in [-0.3, -0.25) is 24.0 Å². The molecule has 1 aliphatic carbocycles. The van der Waals surface area contributed by atoms with E-state index in [2.05, 4.69) is 48.2 Å². The Bertz CT molecular complexity index is 1730. The molecule has 0 unspecified atom stereocenters. The molecule has 0 bridgehead atoms. The third-order valence-electron chi connectivity index (χ3n) is 8.01. The normalized spacial score (nSPS) is 21.2. The van der Waals surface area contributed by atoms with E-state index >= 15 is 0 Å². The minimum absolute atomic E-state index is 0.0237. The van der Waals surface area contributed by atoms with Crippen molar-refractivity contribution in [2.24, 2.45) is 5.41 Å². The lowest BCUT2D eigenvalue weighted by molar-refractivity contribution is -0.138. The molecule has 6 rings (SSSR count). The molecule has 1 N–H and O–H groups in total. The smallest absolute Gasteiger partial charge is 0.248 e. The van der Waals surface area contributed by atoms with Gasteiger partial charge in [0.1, 0.15) is 34.5 Å². The van der Waals surface area contributed by atoms with Gasteiger partial charge in [-0.1, -0.05) is 6.92 Å². The summed E-state index contributed by atoms with van der Waals surface area (Å²) in [4.78, 5) is 59.2. The molecule has 4 aromatic rings. The summed E-state index contributed by atoms with van der Waals surface area (Å²) in [5.74, 6) is 0.355. The Labute approximate surface area is 244 Å². The first-order valence-corrected chi connectivity index (χ1v) is 14.2. The maximum Gasteiger partial charge on any atom is 0.248 e. The number of aryl methyl sites for hydroxylation is 3. The molecule has 0 aromatic carbocycles. The van der Waals surface area contributed by atoms with Gasteiger partial charge in [-0.2, -0.15) is 5.10 Å². The van der Waals surface area contributed by atoms with Gasteiger partial charge in [0.15, 0.2) is 5.78 Å². The second kappa shape index (κ2) is 9.79. The number of Topliss-reactive ketones (excluding diaryl/α,β-unsaturated/α-hetero) is 1. The molecular formula is C29H29BrN8O3. The first-order chi connectivity index (χ1) is 19.4. The quantitative estimate of drug-likeness (QED) is 0.251. The molecule has 4 aromatic heterocycles. The van der Waals surface area contributed by atoms with Gasteiger partial charge in [0.2, 0.25) is 11.8 Å². The Morgan fingerprint density at radius 1 is 1.07 bits per heavy atom. The summed E-state index contributed by atoms with van der Waals surface area (Å²) in [7, 11) is 0. The van der Waals surface area contributed by atoms with Crippen LogP contribution in [0.15, 0.2) is 35.2 Å². The lowest BCUT2D eigenvalue weighted by atomic mass is 10.0. The maximum absolute atomic E-state index is 13.9. The number of nitrogens with zero attached hydrogens (tertiary/aromatic N) is 7. The second-order valence-corrected chi connectivity index (χ2v) is 12.1. The molecule has 5 heterocycles. The molecule has 1 aliphatic heterocycles. The molecular weight excluding hydrogens is 588 g/mol. The van der Waals surface area contributed by atoms with Crippen molar-refractivity contribution in [3.05, 3.63) is 58.0 Å². The first kappa shape index (κ1) is 27.1. The van der Waals surface area contributed by atoms with Gasteiger partial charge in [0, 0.05) is 36.3 Å². The van der Waals surface area contributed by atoms with E-state index in [-0.39, 0.29) is 41.3 Å². The van der Waals surface area contributed by atoms with E-state index < -0.39 is 6.04 Å². The highest BCUT2D eigenvalue weighted by atomic mass is 79.9. The van der Waals surface area contributed by atoms with Gasteiger partial charge in [-0.15, -0.1) is 0 Å². The summed E-state index contributed by atoms with van der Waals surface area (Å²) in [6.45, 7) is 8.98. The lowest BCUT2D eigenvalue weighted by Crippen LogP contribution is -2.46. The topological polar surface area (TPSA) is 136 Å². The van der Waals surface area contributed by atoms with Crippen LogP contribution < -0.4 is 5.32 Å². The highest BCUT2D eigenvalue weighted by molar-refractivity contribution is 9.10. The summed E-state index contributed by atoms with van der Waals surface area (Å²) in [5.41, 5.74) is 3.66. The fourth-order valence-corrected chi connectivity index (χ4v) is 6.46. The predicted octanol–water partition coefficient (Wildman–Crippen LogP) is 4.19. The van der Waals surface area contributed by atoms with Gasteiger partial charge < -0.3 is 10.2 Å². The van der Waals surface area contributed by atoms with Crippen LogP contribution >= 0.6 is 15.9 Å². The largest absolute Gasteiger partial charge is 0.325 e. The maximum atomic E-state index is 13.9. The van der Waals surface area contributed by atoms with Crippen LogP contribution in [-0.2, 0) is 16.1 Å². The molecule has 12 heteroatoms. The fraction of sp³-hybridized carbons (Fsp3) is 0.379. The van der Waals surface area contributed by atoms with E-state index in [1.807, 2.05) is 19.9 Å². The fourth-order valence-electron chi connectivity index (χ4n) is 5.91. The van der Waals surface area contributed by atoms with Crippen LogP contribution in [0.1, 0.15) is 54.3 Å². The predicted molar refractivity (Wildman–Crippen MR) is 155 cm³/mol. The van der Waals surface area contributed by atoms with Crippen molar-refractivity contribution >= 4 is 50.2 Å². The Kier molecular flexibility index (Phi) is 6.48. The molecule has 2 fully saturated rings. The van der Waals surface area contributed by atoms with Crippen LogP contribution in [0.3, 0.4) is 0 Å². The molecule has 0 spiro atoms. The lowest BCUT2D eigenvalue weighted by Gasteiger charge is -2.27. The molecule has 1 saturated heterocycles. The summed E-state index contributed by atoms with van der Waals surface area (Å²) in [6, 6.07) is 4.78. The number of hydrogen-bond donors (Lipinski definition) is 1. The third kappa shape index (κ3) is 4.90. The van der Waals surface area contributed by atoms with Gasteiger partial charge in [-0.05, 0) is 78.7 Å². The molecule has 11 nitrogen and oxygen atoms in total. The second-order valence-electron chi connectivity index (χ2n) is 11.3. The number of likely N-dealkylation sites (tertiary alicyclic amines) is 1. The summed E-state index contributed by atoms with van der Waals surface area (Å²) in [6.07, 6.45) is 4.79. The standard InChI is InChI=1S/C29H29BrN8O3/c1-14-6-23(30)34-24(7-14)35-28(41)21-9-29(5)10-22(29)38(21)25(40)13-37-27-15(2)33-20(18-11-31-17(4)32-12-18)8-19(27)26(36-37)16(3)39/h6-8,11-12,21-22H,9-10,13H2,1-5H3,(H,34,35,41)/t21-,22+,29-/m0/s1. The molecule has 0 radical (unpaired) electrons. The number of halogens is 1. The highest BCUT2D eigenvalue weighted by Gasteiger charge is 2.64. The Morgan fingerprint density at radius 3 is 2.49 bits per heavy atom. The van der Waals surface area contributed by atoms with E-state index in [4.69, 9.17) is 4.98 Å². The summed E-state index contributed by atoms with van der Waals surface area (Å²) in [5, 5.41) is 8.06. The molecule has 41 heavy (non-hydrogen) atoms. The number of carbonyl (C=O) groups excluding carboxylic acids is 3. The van der Waals surface area contributed by atoms with Crippen LogP contribution in [0.4, 0.5) is 5.82 Å². The number of piperidine rings is 1. The minimum Gasteiger partial charge on any atom is -0.325 e. The van der Waals surface area contributed by atoms with E-state index in [0.29, 0.717) is 50.5 Å². The van der Waals surface area contributed by atoms with Crippen molar-refractivity contribution in [1.29, 1.82) is 0 Å². The van der Waals surface area contributed by atoms with E-state index in [1.165, 1.54) is 6.92 Å². The zero-order valence-corrected chi connectivity index (χ0v) is 25.0. The molecule has 210 valence electrons. The van der Waals surface area contributed by atoms with Gasteiger partial charge >= 0.3 is 0 Å². The highest BCUT2D eigenvalue weighted by Crippen LogP contribution is 2.59. The number of carbonyl (C=O) groups is 3. The van der Waals surface area contributed by atoms with Gasteiger partial charge in [-0.25, -0.2) is 15.0 Å². The number of pyridine rings is 2. The summed E-state index contributed by atoms with van der Waals surface area (Å²) >= 11 is 3.37. The zero-order chi connectivity index (χ0) is 29.2. The van der Waals surface area contributed by atoms with Crippen LogP contribution in [0.5, 0.6) is 0 Å². The number of fused-ring (bicyclic) bond motifs is 2. The van der Waals surface area contributed by atoms with Crippen molar-refractivity contribution in [3.63, 3.8) is 0 Å². The Morgan fingerprint density at radius 2 is 1.80 bits per heavy atom. The summed E-state index contributed by atoms with van der Waals surface area (Å²) < 4.78 is 2.16. The van der Waals surface area contributed by atoms with Crippen molar-refractivity contribution < 1.29 is 14.4 Å². The number of aromatic nitrogens is 6. The number of ketones is 1. The molecule has 3 atom stereocenters. The SMILES string of the molecule is CC(=O)c1nn(CC(=O)N2[C@H](C(=O)Nc3cc(C)cc(Br)n3)C[C@@]3(C)C[C@@H]23)c2c(C)nc(-c3cnc(C)nc3)cc12. The average Bonchev–Trinajstić information content (AvgIpc) is 3.25. The monoisotopic (exact) mass is 616 g/mol. The number of amides is 2. The van der Waals surface area contributed by atoms with E-state index in [0.717, 1.165) is 12.0 Å². The van der Waals surface area contributed by atoms with Crippen LogP contribution in [0.25, 0.3) is 22.2 Å². The molecule has 2 amide bonds. The molecule has 2 aliphatic rings. The van der Waals surface area contributed by atoms with Gasteiger partial charge in [0.05, 0.1) is 16.9 Å². The minimum atomic E-state index is -0.631. The zero-order valence-electron chi connectivity index (χ0n) is 23.4. The van der Waals surface area contributed by atoms with Crippen molar-refractivity contribution in [3.8, 4) is 11.3 Å². The Hall–Kier alpha value is -4.06. The average molecular weight is 618 g/mol. The van der Waals surface area contributed by atoms with E-state index in [1.54, 1.807) is 41.0 Å². The van der Waals surface area contributed by atoms with Gasteiger partial charge in [0.25, 0.3) is 0 Å². The van der Waals surface area contributed by atoms with Crippen molar-refractivity contribution in [2.75, 3.05) is 5.32 Å². The number of rotatable bonds is 6. The van der Waals surface area contributed by atoms with E-state index in [9.17, 15) is 14.4 Å². The van der Waals surface area contributed by atoms with Crippen molar-refractivity contribution in [2.45, 2.75) is 66.1 Å². The van der Waals surface area contributed by atoms with Crippen molar-refractivity contribution in [1.82, 2.24) is 34.6 Å². The number of nitrogens with one attached hydrogen (secondary N) is 1. The number of anilines is 1. The molecule has 1 saturated carbocycles. The first-order valence-electron chi connectivity index (χ1n) is 13.4. The number of hydrogen-bond acceptors (Lipinski definition) is 8. The van der Waals surface area contributed by atoms with Crippen LogP contribution in [0, 0.1) is 26.2 Å². The third-order valence-corrected chi connectivity index (χ3v) is 8.42.